The Hall–Kier alpha value is -1.63. The average molecular weight is 359 g/mol. The molecule has 3 N–H and O–H groups in total. The van der Waals surface area contributed by atoms with Crippen molar-refractivity contribution in [3.05, 3.63) is 0 Å². The fraction of sp³-hybridized carbons (Fsp3) is 0.833. The lowest BCUT2D eigenvalue weighted by atomic mass is 9.85. The molecule has 0 saturated heterocycles. The van der Waals surface area contributed by atoms with Gasteiger partial charge in [-0.25, -0.2) is 0 Å². The summed E-state index contributed by atoms with van der Waals surface area (Å²) in [6.07, 6.45) is 0.687. The molecule has 7 nitrogen and oxygen atoms in total. The maximum Gasteiger partial charge on any atom is 0.306 e. The summed E-state index contributed by atoms with van der Waals surface area (Å²) in [5.74, 6) is -1.76. The second-order valence-corrected chi connectivity index (χ2v) is 8.43. The lowest BCUT2D eigenvalue weighted by molar-refractivity contribution is -0.155. The van der Waals surface area contributed by atoms with Crippen LogP contribution in [0.3, 0.4) is 0 Å². The number of carbonyl (C=O) groups is 3. The Bertz CT molecular complexity index is 441. The molecule has 0 aromatic heterocycles. The van der Waals surface area contributed by atoms with Gasteiger partial charge in [-0.05, 0) is 60.8 Å². The summed E-state index contributed by atoms with van der Waals surface area (Å²) < 4.78 is 10.5. The normalized spacial score (nSPS) is 12.6. The lowest BCUT2D eigenvalue weighted by Crippen LogP contribution is -2.42. The number of hydrogen-bond acceptors (Lipinski definition) is 6. The second kappa shape index (κ2) is 9.17. The molecule has 0 radical (unpaired) electrons. The van der Waals surface area contributed by atoms with Gasteiger partial charge in [-0.2, -0.15) is 0 Å². The minimum Gasteiger partial charge on any atom is -0.481 e. The number of nitrogens with two attached hydrogens (primary N) is 1. The van der Waals surface area contributed by atoms with E-state index in [-0.39, 0.29) is 38.5 Å². The first-order valence-electron chi connectivity index (χ1n) is 8.56. The average Bonchev–Trinajstić information content (AvgIpc) is 2.37. The van der Waals surface area contributed by atoms with Crippen molar-refractivity contribution in [3.8, 4) is 0 Å². The summed E-state index contributed by atoms with van der Waals surface area (Å²) in [5, 5.41) is 8.90. The van der Waals surface area contributed by atoms with Gasteiger partial charge in [0.2, 0.25) is 0 Å². The van der Waals surface area contributed by atoms with E-state index in [1.165, 1.54) is 0 Å². The van der Waals surface area contributed by atoms with E-state index in [2.05, 4.69) is 0 Å². The summed E-state index contributed by atoms with van der Waals surface area (Å²) in [4.78, 5) is 34.6. The molecule has 0 aliphatic heterocycles. The number of carboxylic acid groups (broad SMARTS) is 1. The van der Waals surface area contributed by atoms with E-state index in [1.807, 2.05) is 0 Å². The molecule has 0 fully saturated rings. The predicted molar refractivity (Wildman–Crippen MR) is 93.9 cm³/mol. The summed E-state index contributed by atoms with van der Waals surface area (Å²) in [5.41, 5.74) is 4.17. The smallest absolute Gasteiger partial charge is 0.306 e. The number of aliphatic carboxylic acids is 1. The standard InChI is InChI=1S/C18H33NO6/c1-16(2,3)24-14(22)8-11-18(19,10-7-13(20)21)12-9-15(23)25-17(4,5)6/h7-12,19H2,1-6H3,(H,20,21). The molecule has 146 valence electrons. The Balaban J connectivity index is 4.74. The largest absolute Gasteiger partial charge is 0.481 e. The summed E-state index contributed by atoms with van der Waals surface area (Å²) in [6.45, 7) is 10.6. The van der Waals surface area contributed by atoms with E-state index in [4.69, 9.17) is 20.3 Å². The van der Waals surface area contributed by atoms with Crippen LogP contribution in [0.2, 0.25) is 0 Å². The van der Waals surface area contributed by atoms with Gasteiger partial charge in [-0.3, -0.25) is 14.4 Å². The third-order valence-electron chi connectivity index (χ3n) is 3.33. The zero-order chi connectivity index (χ0) is 19.9. The highest BCUT2D eigenvalue weighted by molar-refractivity contribution is 5.71. The van der Waals surface area contributed by atoms with Gasteiger partial charge >= 0.3 is 17.9 Å². The van der Waals surface area contributed by atoms with Crippen LogP contribution in [-0.4, -0.2) is 39.8 Å². The van der Waals surface area contributed by atoms with Crippen LogP contribution in [0.15, 0.2) is 0 Å². The molecule has 0 heterocycles. The van der Waals surface area contributed by atoms with Crippen molar-refractivity contribution in [1.82, 2.24) is 0 Å². The fourth-order valence-corrected chi connectivity index (χ4v) is 2.22. The van der Waals surface area contributed by atoms with Crippen LogP contribution < -0.4 is 5.73 Å². The number of rotatable bonds is 9. The van der Waals surface area contributed by atoms with Crippen LogP contribution in [-0.2, 0) is 23.9 Å². The van der Waals surface area contributed by atoms with Crippen LogP contribution in [0.4, 0.5) is 0 Å². The van der Waals surface area contributed by atoms with Crippen molar-refractivity contribution in [2.24, 2.45) is 5.73 Å². The molecule has 0 aliphatic carbocycles. The first kappa shape index (κ1) is 23.4. The molecule has 0 aliphatic rings. The zero-order valence-electron chi connectivity index (χ0n) is 16.3. The second-order valence-electron chi connectivity index (χ2n) is 8.43. The molecule has 0 unspecified atom stereocenters. The molecule has 25 heavy (non-hydrogen) atoms. The molecule has 0 spiro atoms. The Morgan fingerprint density at radius 3 is 1.36 bits per heavy atom. The first-order valence-corrected chi connectivity index (χ1v) is 8.56. The highest BCUT2D eigenvalue weighted by Crippen LogP contribution is 2.24. The molecule has 0 rings (SSSR count). The molecular formula is C18H33NO6. The molecule has 0 saturated carbocycles. The van der Waals surface area contributed by atoms with Crippen LogP contribution in [0.5, 0.6) is 0 Å². The zero-order valence-corrected chi connectivity index (χ0v) is 16.3. The van der Waals surface area contributed by atoms with E-state index in [9.17, 15) is 14.4 Å². The van der Waals surface area contributed by atoms with E-state index in [0.29, 0.717) is 0 Å². The molecule has 0 aromatic carbocycles. The topological polar surface area (TPSA) is 116 Å². The maximum atomic E-state index is 11.9. The van der Waals surface area contributed by atoms with Gasteiger partial charge in [0, 0.05) is 24.8 Å². The van der Waals surface area contributed by atoms with Gasteiger partial charge in [-0.15, -0.1) is 0 Å². The summed E-state index contributed by atoms with van der Waals surface area (Å²) in [7, 11) is 0. The Morgan fingerprint density at radius 2 is 1.08 bits per heavy atom. The molecular weight excluding hydrogens is 326 g/mol. The van der Waals surface area contributed by atoms with Crippen LogP contribution >= 0.6 is 0 Å². The fourth-order valence-electron chi connectivity index (χ4n) is 2.22. The minimum absolute atomic E-state index is 0.0711. The highest BCUT2D eigenvalue weighted by atomic mass is 16.6. The van der Waals surface area contributed by atoms with Crippen molar-refractivity contribution < 1.29 is 29.0 Å². The lowest BCUT2D eigenvalue weighted by Gasteiger charge is -2.30. The first-order chi connectivity index (χ1) is 11.1. The maximum absolute atomic E-state index is 11.9. The SMILES string of the molecule is CC(C)(C)OC(=O)CCC(N)(CCC(=O)O)CCC(=O)OC(C)(C)C. The quantitative estimate of drug-likeness (QED) is 0.608. The summed E-state index contributed by atoms with van der Waals surface area (Å²) in [6, 6.07) is 0. The highest BCUT2D eigenvalue weighted by Gasteiger charge is 2.29. The van der Waals surface area contributed by atoms with Crippen molar-refractivity contribution in [3.63, 3.8) is 0 Å². The van der Waals surface area contributed by atoms with E-state index >= 15 is 0 Å². The third kappa shape index (κ3) is 13.3. The van der Waals surface area contributed by atoms with Gasteiger partial charge < -0.3 is 20.3 Å². The van der Waals surface area contributed by atoms with Crippen LogP contribution in [0.25, 0.3) is 0 Å². The number of hydrogen-bond donors (Lipinski definition) is 2. The van der Waals surface area contributed by atoms with Gasteiger partial charge in [0.15, 0.2) is 0 Å². The number of carboxylic acids is 1. The van der Waals surface area contributed by atoms with E-state index in [0.717, 1.165) is 0 Å². The molecule has 0 atom stereocenters. The van der Waals surface area contributed by atoms with Crippen molar-refractivity contribution in [1.29, 1.82) is 0 Å². The van der Waals surface area contributed by atoms with Gasteiger partial charge in [0.1, 0.15) is 11.2 Å². The van der Waals surface area contributed by atoms with Crippen LogP contribution in [0, 0.1) is 0 Å². The van der Waals surface area contributed by atoms with Crippen LogP contribution in [0.1, 0.15) is 80.1 Å². The molecule has 7 heteroatoms. The van der Waals surface area contributed by atoms with E-state index in [1.54, 1.807) is 41.5 Å². The minimum atomic E-state index is -0.968. The van der Waals surface area contributed by atoms with Crippen molar-refractivity contribution in [2.75, 3.05) is 0 Å². The van der Waals surface area contributed by atoms with E-state index < -0.39 is 34.6 Å². The summed E-state index contributed by atoms with van der Waals surface area (Å²) >= 11 is 0. The monoisotopic (exact) mass is 359 g/mol. The third-order valence-corrected chi connectivity index (χ3v) is 3.33. The number of carbonyl (C=O) groups excluding carboxylic acids is 2. The van der Waals surface area contributed by atoms with Gasteiger partial charge in [0.05, 0.1) is 0 Å². The Morgan fingerprint density at radius 1 is 0.760 bits per heavy atom. The number of ether oxygens (including phenoxy) is 2. The van der Waals surface area contributed by atoms with Crippen molar-refractivity contribution >= 4 is 17.9 Å². The van der Waals surface area contributed by atoms with Gasteiger partial charge in [0.25, 0.3) is 0 Å². The molecule has 0 amide bonds. The number of esters is 2. The Labute approximate surface area is 150 Å². The predicted octanol–water partition coefficient (Wildman–Crippen LogP) is 2.79. The molecule has 0 aromatic rings. The Kier molecular flexibility index (Phi) is 8.58. The van der Waals surface area contributed by atoms with Gasteiger partial charge in [-0.1, -0.05) is 0 Å². The van der Waals surface area contributed by atoms with Crippen molar-refractivity contribution in [2.45, 2.75) is 96.8 Å². The molecule has 0 bridgehead atoms.